The molecule has 0 saturated carbocycles. The van der Waals surface area contributed by atoms with Crippen LogP contribution in [-0.2, 0) is 19.1 Å². The molecule has 0 radical (unpaired) electrons. The number of fused-ring (bicyclic) bond motifs is 2. The molecule has 1 amide bonds. The first-order valence-electron chi connectivity index (χ1n) is 10.6. The van der Waals surface area contributed by atoms with Crippen molar-refractivity contribution in [1.29, 1.82) is 0 Å². The second kappa shape index (κ2) is 7.49. The molecular formula is C22H27N7O2. The fourth-order valence-electron chi connectivity index (χ4n) is 4.91. The molecule has 9 heteroatoms. The monoisotopic (exact) mass is 421 g/mol. The van der Waals surface area contributed by atoms with Gasteiger partial charge in [0.1, 0.15) is 17.3 Å². The molecule has 1 aromatic carbocycles. The molecule has 1 saturated heterocycles. The van der Waals surface area contributed by atoms with Gasteiger partial charge in [0.25, 0.3) is 5.91 Å². The number of aryl methyl sites for hydroxylation is 1. The highest BCUT2D eigenvalue weighted by molar-refractivity contribution is 5.92. The highest BCUT2D eigenvalue weighted by atomic mass is 16.5. The molecule has 2 aliphatic rings. The number of carbonyl (C=O) groups is 1. The Balaban J connectivity index is 1.44. The van der Waals surface area contributed by atoms with Crippen molar-refractivity contribution in [1.82, 2.24) is 34.3 Å². The Hall–Kier alpha value is -3.20. The molecule has 5 rings (SSSR count). The number of nitrogens with zero attached hydrogens (tertiary/aromatic N) is 7. The molecule has 0 bridgehead atoms. The molecule has 0 atom stereocenters. The number of carbonyl (C=O) groups excluding carboxylic acids is 1. The Morgan fingerprint density at radius 2 is 1.81 bits per heavy atom. The number of likely N-dealkylation sites (tertiary alicyclic amines) is 1. The van der Waals surface area contributed by atoms with E-state index < -0.39 is 0 Å². The van der Waals surface area contributed by atoms with Gasteiger partial charge in [-0.1, -0.05) is 0 Å². The van der Waals surface area contributed by atoms with Crippen molar-refractivity contribution >= 4 is 5.91 Å². The van der Waals surface area contributed by atoms with Gasteiger partial charge in [0, 0.05) is 38.4 Å². The molecule has 2 aliphatic heterocycles. The van der Waals surface area contributed by atoms with E-state index in [2.05, 4.69) is 31.8 Å². The SMILES string of the molecule is COc1ccc(-c2nnc3n2C2(CCN(C(=O)c4ccn(C)n4)CC2)CN(C)C3)cc1. The summed E-state index contributed by atoms with van der Waals surface area (Å²) in [6, 6.07) is 9.74. The predicted octanol–water partition coefficient (Wildman–Crippen LogP) is 1.76. The second-order valence-electron chi connectivity index (χ2n) is 8.57. The first-order chi connectivity index (χ1) is 15.0. The number of piperidine rings is 1. The molecule has 1 fully saturated rings. The number of methoxy groups -OCH3 is 1. The largest absolute Gasteiger partial charge is 0.497 e. The lowest BCUT2D eigenvalue weighted by Gasteiger charge is -2.48. The van der Waals surface area contributed by atoms with E-state index in [1.165, 1.54) is 0 Å². The summed E-state index contributed by atoms with van der Waals surface area (Å²) in [7, 11) is 5.62. The molecule has 1 spiro atoms. The van der Waals surface area contributed by atoms with Gasteiger partial charge in [0.2, 0.25) is 0 Å². The van der Waals surface area contributed by atoms with Crippen molar-refractivity contribution < 1.29 is 9.53 Å². The van der Waals surface area contributed by atoms with Crippen LogP contribution in [0, 0.1) is 0 Å². The molecule has 0 aliphatic carbocycles. The lowest BCUT2D eigenvalue weighted by atomic mass is 9.84. The van der Waals surface area contributed by atoms with Gasteiger partial charge < -0.3 is 14.2 Å². The fourth-order valence-corrected chi connectivity index (χ4v) is 4.91. The first kappa shape index (κ1) is 19.7. The number of amides is 1. The summed E-state index contributed by atoms with van der Waals surface area (Å²) in [5.41, 5.74) is 1.39. The Labute approximate surface area is 181 Å². The van der Waals surface area contributed by atoms with Crippen LogP contribution in [0.15, 0.2) is 36.5 Å². The van der Waals surface area contributed by atoms with Crippen molar-refractivity contribution in [2.45, 2.75) is 24.9 Å². The Bertz CT molecular complexity index is 1090. The zero-order valence-corrected chi connectivity index (χ0v) is 18.2. The van der Waals surface area contributed by atoms with Crippen molar-refractivity contribution in [3.05, 3.63) is 48.0 Å². The van der Waals surface area contributed by atoms with Crippen LogP contribution in [-0.4, -0.2) is 74.0 Å². The zero-order chi connectivity index (χ0) is 21.6. The van der Waals surface area contributed by atoms with Crippen molar-refractivity contribution in [2.75, 3.05) is 33.8 Å². The maximum absolute atomic E-state index is 12.9. The minimum Gasteiger partial charge on any atom is -0.497 e. The summed E-state index contributed by atoms with van der Waals surface area (Å²) >= 11 is 0. The molecule has 9 nitrogen and oxygen atoms in total. The van der Waals surface area contributed by atoms with Gasteiger partial charge in [-0.05, 0) is 50.2 Å². The van der Waals surface area contributed by atoms with Crippen molar-refractivity contribution in [3.8, 4) is 17.1 Å². The van der Waals surface area contributed by atoms with E-state index in [1.807, 2.05) is 36.2 Å². The van der Waals surface area contributed by atoms with E-state index in [9.17, 15) is 4.79 Å². The molecule has 3 aromatic rings. The summed E-state index contributed by atoms with van der Waals surface area (Å²) in [4.78, 5) is 17.1. The predicted molar refractivity (Wildman–Crippen MR) is 115 cm³/mol. The van der Waals surface area contributed by atoms with Crippen LogP contribution in [0.4, 0.5) is 0 Å². The van der Waals surface area contributed by atoms with Crippen LogP contribution < -0.4 is 4.74 Å². The smallest absolute Gasteiger partial charge is 0.274 e. The second-order valence-corrected chi connectivity index (χ2v) is 8.57. The molecule has 162 valence electrons. The van der Waals surface area contributed by atoms with Crippen LogP contribution in [0.2, 0.25) is 0 Å². The van der Waals surface area contributed by atoms with Crippen LogP contribution in [0.25, 0.3) is 11.4 Å². The normalized spacial score (nSPS) is 18.2. The van der Waals surface area contributed by atoms with Crippen LogP contribution in [0.3, 0.4) is 0 Å². The fraction of sp³-hybridized carbons (Fsp3) is 0.455. The molecule has 31 heavy (non-hydrogen) atoms. The van der Waals surface area contributed by atoms with Crippen LogP contribution in [0.1, 0.15) is 29.2 Å². The maximum Gasteiger partial charge on any atom is 0.274 e. The van der Waals surface area contributed by atoms with Gasteiger partial charge in [0.15, 0.2) is 5.82 Å². The number of benzene rings is 1. The number of rotatable bonds is 3. The van der Waals surface area contributed by atoms with Gasteiger partial charge in [0.05, 0.1) is 19.2 Å². The molecule has 0 N–H and O–H groups in total. The van der Waals surface area contributed by atoms with E-state index in [4.69, 9.17) is 4.74 Å². The molecule has 0 unspecified atom stereocenters. The van der Waals surface area contributed by atoms with E-state index in [0.717, 1.165) is 48.9 Å². The third-order valence-electron chi connectivity index (χ3n) is 6.44. The van der Waals surface area contributed by atoms with E-state index in [1.54, 1.807) is 24.1 Å². The van der Waals surface area contributed by atoms with Gasteiger partial charge >= 0.3 is 0 Å². The number of hydrogen-bond acceptors (Lipinski definition) is 6. The lowest BCUT2D eigenvalue weighted by Crippen LogP contribution is -2.56. The third-order valence-corrected chi connectivity index (χ3v) is 6.44. The molecular weight excluding hydrogens is 394 g/mol. The number of ether oxygens (including phenoxy) is 1. The molecule has 2 aromatic heterocycles. The lowest BCUT2D eigenvalue weighted by molar-refractivity contribution is 0.0405. The topological polar surface area (TPSA) is 81.3 Å². The summed E-state index contributed by atoms with van der Waals surface area (Å²) in [5, 5.41) is 13.4. The van der Waals surface area contributed by atoms with Gasteiger partial charge in [-0.15, -0.1) is 10.2 Å². The maximum atomic E-state index is 12.9. The number of aromatic nitrogens is 5. The molecule has 4 heterocycles. The minimum absolute atomic E-state index is 0.000952. The summed E-state index contributed by atoms with van der Waals surface area (Å²) < 4.78 is 9.30. The Morgan fingerprint density at radius 3 is 2.45 bits per heavy atom. The number of hydrogen-bond donors (Lipinski definition) is 0. The zero-order valence-electron chi connectivity index (χ0n) is 18.2. The number of likely N-dealkylation sites (N-methyl/N-ethyl adjacent to an activating group) is 1. The summed E-state index contributed by atoms with van der Waals surface area (Å²) in [6.45, 7) is 3.04. The summed E-state index contributed by atoms with van der Waals surface area (Å²) in [5.74, 6) is 2.68. The van der Waals surface area contributed by atoms with E-state index >= 15 is 0 Å². The third kappa shape index (κ3) is 3.38. The average Bonchev–Trinajstić information content (AvgIpc) is 3.40. The Kier molecular flexibility index (Phi) is 4.77. The van der Waals surface area contributed by atoms with Crippen LogP contribution in [0.5, 0.6) is 5.75 Å². The van der Waals surface area contributed by atoms with Crippen molar-refractivity contribution in [2.24, 2.45) is 7.05 Å². The standard InChI is InChI=1S/C22H27N7O2/c1-26-14-19-23-24-20(16-4-6-17(31-3)7-5-16)29(19)22(15-26)9-12-28(13-10-22)21(30)18-8-11-27(2)25-18/h4-8,11H,9-10,12-15H2,1-3H3. The van der Waals surface area contributed by atoms with E-state index in [0.29, 0.717) is 18.8 Å². The average molecular weight is 422 g/mol. The highest BCUT2D eigenvalue weighted by Gasteiger charge is 2.44. The van der Waals surface area contributed by atoms with Gasteiger partial charge in [-0.2, -0.15) is 5.10 Å². The van der Waals surface area contributed by atoms with Crippen molar-refractivity contribution in [3.63, 3.8) is 0 Å². The minimum atomic E-state index is -0.137. The highest BCUT2D eigenvalue weighted by Crippen LogP contribution is 2.39. The van der Waals surface area contributed by atoms with Crippen LogP contribution >= 0.6 is 0 Å². The van der Waals surface area contributed by atoms with E-state index in [-0.39, 0.29) is 11.4 Å². The quantitative estimate of drug-likeness (QED) is 0.641. The van der Waals surface area contributed by atoms with Gasteiger partial charge in [-0.25, -0.2) is 0 Å². The Morgan fingerprint density at radius 1 is 1.06 bits per heavy atom. The first-order valence-corrected chi connectivity index (χ1v) is 10.6. The van der Waals surface area contributed by atoms with Gasteiger partial charge in [-0.3, -0.25) is 14.4 Å². The summed E-state index contributed by atoms with van der Waals surface area (Å²) in [6.07, 6.45) is 3.51.